The van der Waals surface area contributed by atoms with Crippen molar-refractivity contribution >= 4 is 52.7 Å². The van der Waals surface area contributed by atoms with Crippen LogP contribution in [0.2, 0.25) is 5.02 Å². The van der Waals surface area contributed by atoms with Crippen molar-refractivity contribution < 1.29 is 4.79 Å². The number of amidine groups is 1. The zero-order valence-corrected chi connectivity index (χ0v) is 14.5. The molecule has 0 unspecified atom stereocenters. The molecule has 1 amide bonds. The van der Waals surface area contributed by atoms with Gasteiger partial charge in [-0.25, -0.2) is 0 Å². The summed E-state index contributed by atoms with van der Waals surface area (Å²) in [5.41, 5.74) is 3.02. The molecule has 6 heteroatoms. The summed E-state index contributed by atoms with van der Waals surface area (Å²) in [5, 5.41) is 12.1. The van der Waals surface area contributed by atoms with E-state index in [1.54, 1.807) is 12.3 Å². The Labute approximate surface area is 154 Å². The number of aliphatic imine (C=N–C) groups is 1. The number of carbonyl (C=O) groups excluding carboxylic acids is 1. The Morgan fingerprint density at radius 3 is 2.16 bits per heavy atom. The van der Waals surface area contributed by atoms with Gasteiger partial charge in [-0.2, -0.15) is 5.26 Å². The molecule has 0 atom stereocenters. The zero-order valence-electron chi connectivity index (χ0n) is 12.9. The predicted molar refractivity (Wildman–Crippen MR) is 104 cm³/mol. The van der Waals surface area contributed by atoms with Crippen LogP contribution in [-0.4, -0.2) is 11.1 Å². The Morgan fingerprint density at radius 1 is 1.00 bits per heavy atom. The third kappa shape index (κ3) is 4.60. The molecule has 0 bridgehead atoms. The number of carbonyl (C=O) groups is 1. The molecule has 2 aromatic rings. The minimum absolute atomic E-state index is 0.245. The van der Waals surface area contributed by atoms with Gasteiger partial charge in [-0.1, -0.05) is 60.2 Å². The fourth-order valence-electron chi connectivity index (χ4n) is 2.15. The molecule has 1 saturated heterocycles. The van der Waals surface area contributed by atoms with E-state index in [2.05, 4.69) is 10.3 Å². The van der Waals surface area contributed by atoms with Crippen LogP contribution in [0.3, 0.4) is 0 Å². The van der Waals surface area contributed by atoms with Crippen LogP contribution in [0.25, 0.3) is 18.2 Å². The average Bonchev–Trinajstić information content (AvgIpc) is 2.95. The van der Waals surface area contributed by atoms with E-state index in [0.29, 0.717) is 15.1 Å². The van der Waals surface area contributed by atoms with Crippen LogP contribution in [0.5, 0.6) is 0 Å². The van der Waals surface area contributed by atoms with Crippen molar-refractivity contribution in [3.63, 3.8) is 0 Å². The van der Waals surface area contributed by atoms with Crippen LogP contribution in [0.1, 0.15) is 16.7 Å². The highest BCUT2D eigenvalue weighted by atomic mass is 35.5. The molecule has 1 N–H and O–H groups in total. The summed E-state index contributed by atoms with van der Waals surface area (Å²) in [5.74, 6) is -0.245. The van der Waals surface area contributed by atoms with Gasteiger partial charge in [0, 0.05) is 5.02 Å². The van der Waals surface area contributed by atoms with Crippen LogP contribution in [0.15, 0.2) is 58.4 Å². The van der Waals surface area contributed by atoms with Gasteiger partial charge in [0.1, 0.15) is 0 Å². The fraction of sp³-hybridized carbons (Fsp3) is 0. The maximum Gasteiger partial charge on any atom is 0.264 e. The van der Waals surface area contributed by atoms with E-state index < -0.39 is 0 Å². The Morgan fingerprint density at radius 2 is 1.56 bits per heavy atom. The first-order valence-electron chi connectivity index (χ1n) is 7.35. The molecular formula is C19H12ClN3OS. The highest BCUT2D eigenvalue weighted by molar-refractivity contribution is 8.18. The molecule has 0 aromatic heterocycles. The summed E-state index contributed by atoms with van der Waals surface area (Å²) in [6.07, 6.45) is 7.45. The van der Waals surface area contributed by atoms with Gasteiger partial charge in [0.2, 0.25) is 6.19 Å². The van der Waals surface area contributed by atoms with Gasteiger partial charge < -0.3 is 0 Å². The maximum atomic E-state index is 11.8. The largest absolute Gasteiger partial charge is 0.300 e. The lowest BCUT2D eigenvalue weighted by atomic mass is 10.1. The molecule has 25 heavy (non-hydrogen) atoms. The average molecular weight is 366 g/mol. The van der Waals surface area contributed by atoms with E-state index in [0.717, 1.165) is 28.5 Å². The Kier molecular flexibility index (Phi) is 5.34. The van der Waals surface area contributed by atoms with Crippen molar-refractivity contribution in [3.8, 4) is 6.19 Å². The van der Waals surface area contributed by atoms with Gasteiger partial charge in [-0.05, 0) is 46.7 Å². The smallest absolute Gasteiger partial charge is 0.264 e. The minimum atomic E-state index is -0.245. The first kappa shape index (κ1) is 17.0. The number of thioether (sulfide) groups is 1. The minimum Gasteiger partial charge on any atom is -0.300 e. The summed E-state index contributed by atoms with van der Waals surface area (Å²) < 4.78 is 0. The number of nitrogens with one attached hydrogen (secondary N) is 1. The van der Waals surface area contributed by atoms with Crippen molar-refractivity contribution in [3.05, 3.63) is 75.1 Å². The van der Waals surface area contributed by atoms with Crippen molar-refractivity contribution in [2.75, 3.05) is 0 Å². The lowest BCUT2D eigenvalue weighted by Crippen LogP contribution is -2.19. The molecule has 0 spiro atoms. The normalized spacial score (nSPS) is 17.2. The third-order valence-electron chi connectivity index (χ3n) is 3.37. The predicted octanol–water partition coefficient (Wildman–Crippen LogP) is 4.55. The molecule has 122 valence electrons. The monoisotopic (exact) mass is 365 g/mol. The molecule has 1 aliphatic heterocycles. The second-order valence-corrected chi connectivity index (χ2v) is 6.60. The van der Waals surface area contributed by atoms with E-state index in [1.807, 2.05) is 60.7 Å². The second-order valence-electron chi connectivity index (χ2n) is 5.13. The molecule has 1 aliphatic rings. The van der Waals surface area contributed by atoms with Gasteiger partial charge in [-0.15, -0.1) is 4.99 Å². The van der Waals surface area contributed by atoms with Crippen LogP contribution >= 0.6 is 23.4 Å². The number of rotatable bonds is 3. The van der Waals surface area contributed by atoms with E-state index >= 15 is 0 Å². The molecule has 1 heterocycles. The zero-order chi connectivity index (χ0) is 17.6. The van der Waals surface area contributed by atoms with Crippen LogP contribution in [-0.2, 0) is 4.79 Å². The van der Waals surface area contributed by atoms with Crippen molar-refractivity contribution in [1.82, 2.24) is 5.32 Å². The Bertz CT molecular complexity index is 923. The topological polar surface area (TPSA) is 65.2 Å². The highest BCUT2D eigenvalue weighted by Gasteiger charge is 2.23. The standard InChI is InChI=1S/C19H12ClN3OS/c20-16-9-7-14(8-10-16)2-1-13-3-5-15(6-4-13)11-17-18(24)23-19(25-17)22-12-21/h1-11H,(H,22,23,24)/b2-1?,17-11+. The fourth-order valence-corrected chi connectivity index (χ4v) is 3.05. The summed E-state index contributed by atoms with van der Waals surface area (Å²) in [4.78, 5) is 15.8. The summed E-state index contributed by atoms with van der Waals surface area (Å²) in [6.45, 7) is 0. The van der Waals surface area contributed by atoms with E-state index in [4.69, 9.17) is 16.9 Å². The highest BCUT2D eigenvalue weighted by Crippen LogP contribution is 2.26. The number of hydrogen-bond donors (Lipinski definition) is 1. The van der Waals surface area contributed by atoms with Crippen LogP contribution in [0.4, 0.5) is 0 Å². The molecule has 2 aromatic carbocycles. The lowest BCUT2D eigenvalue weighted by Gasteiger charge is -1.98. The lowest BCUT2D eigenvalue weighted by molar-refractivity contribution is -0.115. The van der Waals surface area contributed by atoms with Gasteiger partial charge in [-0.3, -0.25) is 10.1 Å². The number of benzene rings is 2. The van der Waals surface area contributed by atoms with E-state index in [-0.39, 0.29) is 5.91 Å². The number of nitrogens with zero attached hydrogens (tertiary/aromatic N) is 2. The van der Waals surface area contributed by atoms with Crippen molar-refractivity contribution in [2.45, 2.75) is 0 Å². The number of nitriles is 1. The SMILES string of the molecule is N#CN=C1NC(=O)/C(=C\c2ccc(C=Cc3ccc(Cl)cc3)cc2)S1. The molecule has 0 aliphatic carbocycles. The molecular weight excluding hydrogens is 354 g/mol. The molecule has 0 radical (unpaired) electrons. The Hall–Kier alpha value is -2.81. The quantitative estimate of drug-likeness (QED) is 0.493. The number of hydrogen-bond acceptors (Lipinski definition) is 4. The molecule has 3 rings (SSSR count). The van der Waals surface area contributed by atoms with E-state index in [9.17, 15) is 4.79 Å². The first-order chi connectivity index (χ1) is 12.1. The van der Waals surface area contributed by atoms with Gasteiger partial charge in [0.05, 0.1) is 4.91 Å². The molecule has 4 nitrogen and oxygen atoms in total. The second kappa shape index (κ2) is 7.84. The molecule has 0 saturated carbocycles. The number of halogens is 1. The summed E-state index contributed by atoms with van der Waals surface area (Å²) in [7, 11) is 0. The Balaban J connectivity index is 1.71. The van der Waals surface area contributed by atoms with E-state index in [1.165, 1.54) is 0 Å². The third-order valence-corrected chi connectivity index (χ3v) is 4.54. The van der Waals surface area contributed by atoms with Crippen molar-refractivity contribution in [1.29, 1.82) is 5.26 Å². The van der Waals surface area contributed by atoms with Crippen LogP contribution in [0, 0.1) is 11.5 Å². The summed E-state index contributed by atoms with van der Waals surface area (Å²) >= 11 is 7.02. The maximum absolute atomic E-state index is 11.8. The van der Waals surface area contributed by atoms with Crippen LogP contribution < -0.4 is 5.32 Å². The van der Waals surface area contributed by atoms with Gasteiger partial charge in [0.15, 0.2) is 5.17 Å². The molecule has 1 fully saturated rings. The van der Waals surface area contributed by atoms with Gasteiger partial charge in [0.25, 0.3) is 5.91 Å². The van der Waals surface area contributed by atoms with Gasteiger partial charge >= 0.3 is 0 Å². The van der Waals surface area contributed by atoms with Crippen molar-refractivity contribution in [2.24, 2.45) is 4.99 Å². The number of amides is 1. The summed E-state index contributed by atoms with van der Waals surface area (Å²) in [6, 6.07) is 15.4. The first-order valence-corrected chi connectivity index (χ1v) is 8.55.